The number of aromatic hydroxyl groups is 1. The van der Waals surface area contributed by atoms with Gasteiger partial charge in [-0.25, -0.2) is 0 Å². The first kappa shape index (κ1) is 14.2. The molecular weight excluding hydrogens is 274 g/mol. The van der Waals surface area contributed by atoms with Crippen LogP contribution < -0.4 is 4.90 Å². The second-order valence-electron chi connectivity index (χ2n) is 5.63. The molecule has 0 atom stereocenters. The molecule has 112 valence electrons. The first-order valence-corrected chi connectivity index (χ1v) is 7.18. The Balaban J connectivity index is 1.95. The number of nitrogens with zero attached hydrogens (tertiary/aromatic N) is 2. The van der Waals surface area contributed by atoms with Crippen molar-refractivity contribution in [3.05, 3.63) is 54.1 Å². The summed E-state index contributed by atoms with van der Waals surface area (Å²) in [7, 11) is 4.03. The van der Waals surface area contributed by atoms with Gasteiger partial charge in [0.1, 0.15) is 5.75 Å². The van der Waals surface area contributed by atoms with Crippen LogP contribution >= 0.6 is 0 Å². The van der Waals surface area contributed by atoms with Crippen LogP contribution in [0.3, 0.4) is 0 Å². The highest BCUT2D eigenvalue weighted by Crippen LogP contribution is 2.31. The predicted octanol–water partition coefficient (Wildman–Crippen LogP) is 3.82. The van der Waals surface area contributed by atoms with E-state index in [4.69, 9.17) is 0 Å². The van der Waals surface area contributed by atoms with E-state index >= 15 is 0 Å². The molecule has 3 rings (SSSR count). The molecule has 1 heterocycles. The largest absolute Gasteiger partial charge is 0.507 e. The molecule has 0 saturated carbocycles. The molecular formula is C18H19N3O. The molecule has 3 aromatic rings. The van der Waals surface area contributed by atoms with Crippen molar-refractivity contribution in [1.82, 2.24) is 10.2 Å². The summed E-state index contributed by atoms with van der Waals surface area (Å²) in [6.45, 7) is 2.00. The third-order valence-electron chi connectivity index (χ3n) is 3.70. The van der Waals surface area contributed by atoms with Crippen molar-refractivity contribution in [2.45, 2.75) is 6.92 Å². The summed E-state index contributed by atoms with van der Waals surface area (Å²) in [6.07, 6.45) is 0. The third kappa shape index (κ3) is 2.68. The smallest absolute Gasteiger partial charge is 0.124 e. The number of aromatic nitrogens is 2. The lowest BCUT2D eigenvalue weighted by Gasteiger charge is -2.12. The highest BCUT2D eigenvalue weighted by molar-refractivity contribution is 5.73. The number of phenols is 1. The lowest BCUT2D eigenvalue weighted by Crippen LogP contribution is -2.07. The number of aryl methyl sites for hydroxylation is 1. The summed E-state index contributed by atoms with van der Waals surface area (Å²) in [6, 6.07) is 15.7. The van der Waals surface area contributed by atoms with Crippen molar-refractivity contribution >= 4 is 5.69 Å². The Morgan fingerprint density at radius 3 is 2.41 bits per heavy atom. The average Bonchev–Trinajstić information content (AvgIpc) is 2.99. The molecule has 4 heteroatoms. The van der Waals surface area contributed by atoms with Gasteiger partial charge in [-0.2, -0.15) is 5.10 Å². The number of rotatable bonds is 3. The topological polar surface area (TPSA) is 52.1 Å². The number of phenolic OH excluding ortho intramolecular Hbond substituents is 1. The maximum Gasteiger partial charge on any atom is 0.124 e. The monoisotopic (exact) mass is 293 g/mol. The summed E-state index contributed by atoms with van der Waals surface area (Å²) < 4.78 is 0. The van der Waals surface area contributed by atoms with Gasteiger partial charge in [0, 0.05) is 30.9 Å². The van der Waals surface area contributed by atoms with Gasteiger partial charge < -0.3 is 10.0 Å². The SMILES string of the molecule is Cc1ccc(O)c(-c2cc(-c3ccc(N(C)C)cc3)n[nH]2)c1. The van der Waals surface area contributed by atoms with Crippen LogP contribution in [0.2, 0.25) is 0 Å². The Hall–Kier alpha value is -2.75. The zero-order valence-corrected chi connectivity index (χ0v) is 13.0. The summed E-state index contributed by atoms with van der Waals surface area (Å²) in [5, 5.41) is 17.4. The Labute approximate surface area is 130 Å². The summed E-state index contributed by atoms with van der Waals surface area (Å²) in [4.78, 5) is 2.06. The minimum absolute atomic E-state index is 0.253. The average molecular weight is 293 g/mol. The Kier molecular flexibility index (Phi) is 3.59. The number of hydrogen-bond acceptors (Lipinski definition) is 3. The molecule has 0 radical (unpaired) electrons. The molecule has 0 aliphatic carbocycles. The lowest BCUT2D eigenvalue weighted by molar-refractivity contribution is 0.477. The van der Waals surface area contributed by atoms with E-state index in [0.29, 0.717) is 0 Å². The number of nitrogens with one attached hydrogen (secondary N) is 1. The highest BCUT2D eigenvalue weighted by Gasteiger charge is 2.10. The fraction of sp³-hybridized carbons (Fsp3) is 0.167. The van der Waals surface area contributed by atoms with Gasteiger partial charge in [0.05, 0.1) is 11.4 Å². The molecule has 1 aromatic heterocycles. The van der Waals surface area contributed by atoms with Crippen LogP contribution in [-0.2, 0) is 0 Å². The fourth-order valence-electron chi connectivity index (χ4n) is 2.40. The van der Waals surface area contributed by atoms with Gasteiger partial charge in [-0.05, 0) is 37.3 Å². The molecule has 0 aliphatic heterocycles. The summed E-state index contributed by atoms with van der Waals surface area (Å²) in [5.74, 6) is 0.253. The van der Waals surface area contributed by atoms with Gasteiger partial charge in [-0.1, -0.05) is 23.8 Å². The van der Waals surface area contributed by atoms with Crippen LogP contribution in [0.5, 0.6) is 5.75 Å². The van der Waals surface area contributed by atoms with E-state index in [-0.39, 0.29) is 5.75 Å². The molecule has 0 unspecified atom stereocenters. The molecule has 0 saturated heterocycles. The van der Waals surface area contributed by atoms with Crippen LogP contribution in [0.1, 0.15) is 5.56 Å². The van der Waals surface area contributed by atoms with E-state index in [2.05, 4.69) is 27.2 Å². The van der Waals surface area contributed by atoms with Gasteiger partial charge in [0.25, 0.3) is 0 Å². The van der Waals surface area contributed by atoms with Crippen LogP contribution in [0.4, 0.5) is 5.69 Å². The minimum Gasteiger partial charge on any atom is -0.507 e. The number of benzene rings is 2. The molecule has 0 spiro atoms. The van der Waals surface area contributed by atoms with Crippen LogP contribution in [-0.4, -0.2) is 29.4 Å². The second kappa shape index (κ2) is 5.56. The molecule has 0 bridgehead atoms. The van der Waals surface area contributed by atoms with E-state index in [1.165, 1.54) is 0 Å². The van der Waals surface area contributed by atoms with E-state index in [1.807, 2.05) is 51.4 Å². The quantitative estimate of drug-likeness (QED) is 0.771. The summed E-state index contributed by atoms with van der Waals surface area (Å²) in [5.41, 5.74) is 5.73. The standard InChI is InChI=1S/C18H19N3O/c1-12-4-9-18(22)15(10-12)17-11-16(19-20-17)13-5-7-14(8-6-13)21(2)3/h4-11,22H,1-3H3,(H,19,20). The number of anilines is 1. The molecule has 2 N–H and O–H groups in total. The van der Waals surface area contributed by atoms with Gasteiger partial charge in [0.15, 0.2) is 0 Å². The minimum atomic E-state index is 0.253. The second-order valence-corrected chi connectivity index (χ2v) is 5.63. The van der Waals surface area contributed by atoms with Crippen molar-refractivity contribution in [2.75, 3.05) is 19.0 Å². The first-order valence-electron chi connectivity index (χ1n) is 7.18. The molecule has 0 aliphatic rings. The Bertz CT molecular complexity index is 788. The Morgan fingerprint density at radius 2 is 1.73 bits per heavy atom. The van der Waals surface area contributed by atoms with Gasteiger partial charge in [-0.15, -0.1) is 0 Å². The maximum absolute atomic E-state index is 10.0. The summed E-state index contributed by atoms with van der Waals surface area (Å²) >= 11 is 0. The maximum atomic E-state index is 10.0. The van der Waals surface area contributed by atoms with Crippen LogP contribution in [0.15, 0.2) is 48.5 Å². The lowest BCUT2D eigenvalue weighted by atomic mass is 10.1. The Morgan fingerprint density at radius 1 is 1.00 bits per heavy atom. The van der Waals surface area contributed by atoms with Crippen molar-refractivity contribution in [1.29, 1.82) is 0 Å². The van der Waals surface area contributed by atoms with Crippen molar-refractivity contribution in [3.63, 3.8) is 0 Å². The third-order valence-corrected chi connectivity index (χ3v) is 3.70. The van der Waals surface area contributed by atoms with Gasteiger partial charge in [-0.3, -0.25) is 5.10 Å². The molecule has 4 nitrogen and oxygen atoms in total. The fourth-order valence-corrected chi connectivity index (χ4v) is 2.40. The highest BCUT2D eigenvalue weighted by atomic mass is 16.3. The van der Waals surface area contributed by atoms with Crippen molar-refractivity contribution in [3.8, 4) is 28.3 Å². The molecule has 0 fully saturated rings. The predicted molar refractivity (Wildman–Crippen MR) is 90.2 cm³/mol. The van der Waals surface area contributed by atoms with E-state index in [9.17, 15) is 5.11 Å². The first-order chi connectivity index (χ1) is 10.5. The van der Waals surface area contributed by atoms with Gasteiger partial charge >= 0.3 is 0 Å². The van der Waals surface area contributed by atoms with Crippen molar-refractivity contribution < 1.29 is 5.11 Å². The number of H-pyrrole nitrogens is 1. The van der Waals surface area contributed by atoms with Crippen molar-refractivity contribution in [2.24, 2.45) is 0 Å². The zero-order chi connectivity index (χ0) is 15.7. The van der Waals surface area contributed by atoms with E-state index < -0.39 is 0 Å². The normalized spacial score (nSPS) is 10.7. The molecule has 22 heavy (non-hydrogen) atoms. The number of aromatic amines is 1. The van der Waals surface area contributed by atoms with Gasteiger partial charge in [0.2, 0.25) is 0 Å². The van der Waals surface area contributed by atoms with Crippen LogP contribution in [0, 0.1) is 6.92 Å². The van der Waals surface area contributed by atoms with E-state index in [1.54, 1.807) is 6.07 Å². The van der Waals surface area contributed by atoms with Crippen LogP contribution in [0.25, 0.3) is 22.5 Å². The number of hydrogen-bond donors (Lipinski definition) is 2. The zero-order valence-electron chi connectivity index (χ0n) is 13.0. The molecule has 2 aromatic carbocycles. The molecule has 0 amide bonds. The van der Waals surface area contributed by atoms with E-state index in [0.717, 1.165) is 33.8 Å².